The molecular formula is C53H82N2O38. The van der Waals surface area contributed by atoms with Crippen LogP contribution >= 0.6 is 0 Å². The van der Waals surface area contributed by atoms with Crippen molar-refractivity contribution < 1.29 is 188 Å². The Kier molecular flexibility index (Phi) is 25.4. The van der Waals surface area contributed by atoms with Gasteiger partial charge in [-0.15, -0.1) is 0 Å². The van der Waals surface area contributed by atoms with Crippen LogP contribution in [0.3, 0.4) is 0 Å². The number of nitrogens with one attached hydrogen (secondary N) is 2. The Morgan fingerprint density at radius 2 is 0.570 bits per heavy atom. The number of aliphatic hydroxyl groups is 20. The molecule has 1 amide bonds. The first-order chi connectivity index (χ1) is 44.3. The number of carboxylic acid groups (broad SMARTS) is 1. The third-order valence-corrected chi connectivity index (χ3v) is 17.3. The highest BCUT2D eigenvalue weighted by molar-refractivity contribution is 5.85. The highest BCUT2D eigenvalue weighted by Gasteiger charge is 2.60. The molecule has 36 atom stereocenters. The van der Waals surface area contributed by atoms with E-state index in [1.54, 1.807) is 0 Å². The molecule has 21 aliphatic heterocycles. The molecule has 24 N–H and O–H groups in total. The Labute approximate surface area is 525 Å². The lowest BCUT2D eigenvalue weighted by atomic mass is 9.95. The topological polar surface area (TPSA) is 632 Å². The average molecular weight is 1360 g/mol. The molecular weight excluding hydrogens is 1270 g/mol. The Bertz CT molecular complexity index is 2510. The number of ether oxygens (including phenoxy) is 14. The van der Waals surface area contributed by atoms with Gasteiger partial charge in [0.15, 0.2) is 44.0 Å². The SMILES string of the molecule is O=C(O)CNC(=O)[C@H](Cc1ccc(O)cc1)NC[C@H]1O[C@@H]2O[C@H]3[C@H](O)[C@H](O)[C@@H](O[C@H]4[C@H](O)[C@H](O)[C@@H](O[C@H]5[C@H](O)[C@@H](O)[C@@H](O[C@H]6[C@H](O)[C@@H](O)[C@@H](O[C@H]7[C@H](O)[C@@H](O)[C@@H](O[C@H]8[C@H](O)[C@@H](O)[C@@H](O[C@H]1[C@H](O)[C@H]2O)O[C@@H]8CO)O[C@@H]7CO)O[C@@H]6CO)O[C@@H]5CO)O[C@@H]4CO)O[C@@H]3CO. The number of phenols is 1. The molecule has 21 heterocycles. The molecule has 40 heteroatoms. The van der Waals surface area contributed by atoms with Crippen LogP contribution in [0.25, 0.3) is 0 Å². The van der Waals surface area contributed by atoms with Crippen molar-refractivity contribution in [2.24, 2.45) is 0 Å². The fourth-order valence-corrected chi connectivity index (χ4v) is 12.1. The summed E-state index contributed by atoms with van der Waals surface area (Å²) in [5, 5.41) is 249. The number of hydrogen-bond acceptors (Lipinski definition) is 38. The Morgan fingerprint density at radius 3 is 0.796 bits per heavy atom. The van der Waals surface area contributed by atoms with Gasteiger partial charge >= 0.3 is 5.97 Å². The second kappa shape index (κ2) is 32.0. The van der Waals surface area contributed by atoms with Gasteiger partial charge in [0.2, 0.25) is 5.91 Å². The number of aliphatic hydroxyl groups excluding tert-OH is 20. The zero-order valence-corrected chi connectivity index (χ0v) is 48.8. The number of rotatable bonds is 14. The lowest BCUT2D eigenvalue weighted by molar-refractivity contribution is -0.396. The highest BCUT2D eigenvalue weighted by Crippen LogP contribution is 2.39. The van der Waals surface area contributed by atoms with Crippen molar-refractivity contribution in [1.29, 1.82) is 0 Å². The van der Waals surface area contributed by atoms with E-state index in [0.29, 0.717) is 5.56 Å². The third-order valence-electron chi connectivity index (χ3n) is 17.3. The van der Waals surface area contributed by atoms with Gasteiger partial charge in [-0.25, -0.2) is 0 Å². The zero-order valence-electron chi connectivity index (χ0n) is 48.8. The van der Waals surface area contributed by atoms with Crippen LogP contribution in [0.2, 0.25) is 0 Å². The van der Waals surface area contributed by atoms with Crippen molar-refractivity contribution >= 4 is 11.9 Å². The van der Waals surface area contributed by atoms with Crippen LogP contribution in [-0.4, -0.2) is 398 Å². The number of amides is 1. The van der Waals surface area contributed by atoms with Gasteiger partial charge < -0.3 is 189 Å². The number of aliphatic carboxylic acids is 1. The number of aromatic hydroxyl groups is 1. The Morgan fingerprint density at radius 1 is 0.344 bits per heavy atom. The standard InChI is InChI=1S/C53H82N2O38/c56-8-18-40-27(67)34(74)49(82-18)90-42-20(10-58)84-51(36(76)29(42)69)92-44-22(12-60)86-53(38(78)31(44)71)93-45-23(13-61)85-52(37(77)30(45)70)91-43-21(11-59)83-50(35(75)28(43)68)89-41-19(9-57)81-48(33(73)26(41)66)87-39-17(80-47(88-40)32(72)25(39)65)6-54-16(46(79)55-7-24(63)64)5-14-1-3-15(62)4-2-14/h1-4,16-23,25-45,47-54,56-62,65-78H,5-13H2,(H,55,79)(H,63,64)/t16-,17+,18+,19+,20+,21+,22+,23+,25+,26+,27+,28+,29+,30+,31+,32+,33+,34-,35+,36-,37+,38+,39+,40+,41+,42+,43+,44+,45+,47+,48+,49+,50+,51+,52+,53+/m0/s1. The van der Waals surface area contributed by atoms with E-state index >= 15 is 0 Å². The minimum Gasteiger partial charge on any atom is -0.508 e. The summed E-state index contributed by atoms with van der Waals surface area (Å²) in [6, 6.07) is 4.00. The van der Waals surface area contributed by atoms with E-state index in [1.165, 1.54) is 24.3 Å². The van der Waals surface area contributed by atoms with Gasteiger partial charge in [-0.3, -0.25) is 9.59 Å². The number of hydrogen-bond donors (Lipinski definition) is 24. The fourth-order valence-electron chi connectivity index (χ4n) is 12.1. The van der Waals surface area contributed by atoms with E-state index in [-0.39, 0.29) is 12.2 Å². The third kappa shape index (κ3) is 15.9. The molecule has 0 spiro atoms. The molecule has 1 aromatic carbocycles. The second-order valence-electron chi connectivity index (χ2n) is 23.4. The average Bonchev–Trinajstić information content (AvgIpc) is 0.862. The van der Waals surface area contributed by atoms with Crippen molar-refractivity contribution in [3.05, 3.63) is 29.8 Å². The van der Waals surface area contributed by atoms with Gasteiger partial charge in [-0.1, -0.05) is 12.1 Å². The van der Waals surface area contributed by atoms with Crippen LogP contribution in [0.1, 0.15) is 5.56 Å². The van der Waals surface area contributed by atoms with E-state index in [2.05, 4.69) is 10.6 Å². The van der Waals surface area contributed by atoms with Crippen LogP contribution in [0.15, 0.2) is 24.3 Å². The molecule has 40 nitrogen and oxygen atoms in total. The highest BCUT2D eigenvalue weighted by atomic mass is 16.8. The lowest BCUT2D eigenvalue weighted by Crippen LogP contribution is -2.68. The summed E-state index contributed by atoms with van der Waals surface area (Å²) in [4.78, 5) is 25.1. The van der Waals surface area contributed by atoms with Gasteiger partial charge in [0, 0.05) is 6.54 Å². The smallest absolute Gasteiger partial charge is 0.322 e. The van der Waals surface area contributed by atoms with Gasteiger partial charge in [-0.05, 0) is 24.1 Å². The van der Waals surface area contributed by atoms with Gasteiger partial charge in [0.1, 0.15) is 183 Å². The molecule has 0 aliphatic carbocycles. The summed E-state index contributed by atoms with van der Waals surface area (Å²) in [7, 11) is 0. The molecule has 93 heavy (non-hydrogen) atoms. The van der Waals surface area contributed by atoms with E-state index in [4.69, 9.17) is 66.3 Å². The van der Waals surface area contributed by atoms with Crippen molar-refractivity contribution in [3.63, 3.8) is 0 Å². The first-order valence-electron chi connectivity index (χ1n) is 29.6. The predicted octanol–water partition coefficient (Wildman–Crippen LogP) is -15.1. The van der Waals surface area contributed by atoms with Crippen LogP contribution in [-0.2, 0) is 82.3 Å². The molecule has 0 saturated carbocycles. The largest absolute Gasteiger partial charge is 0.508 e. The molecule has 0 aromatic heterocycles. The summed E-state index contributed by atoms with van der Waals surface area (Å²) in [5.41, 5.74) is 0.391. The van der Waals surface area contributed by atoms with E-state index in [1.807, 2.05) is 0 Å². The van der Waals surface area contributed by atoms with Crippen LogP contribution in [0.5, 0.6) is 5.75 Å². The second-order valence-corrected chi connectivity index (χ2v) is 23.4. The van der Waals surface area contributed by atoms with E-state index in [9.17, 15) is 122 Å². The number of phenolic OH excluding ortho intramolecular Hbond substituents is 1. The molecule has 0 unspecified atom stereocenters. The van der Waals surface area contributed by atoms with Gasteiger partial charge in [-0.2, -0.15) is 0 Å². The lowest BCUT2D eigenvalue weighted by Gasteiger charge is -2.50. The molecule has 22 rings (SSSR count). The Balaban J connectivity index is 1.03. The summed E-state index contributed by atoms with van der Waals surface area (Å²) >= 11 is 0. The first kappa shape index (κ1) is 73.8. The number of carboxylic acids is 1. The van der Waals surface area contributed by atoms with Crippen molar-refractivity contribution in [2.45, 2.75) is 227 Å². The summed E-state index contributed by atoms with van der Waals surface area (Å²) < 4.78 is 81.3. The molecule has 1 aromatic rings. The van der Waals surface area contributed by atoms with Crippen molar-refractivity contribution in [3.8, 4) is 5.75 Å². The van der Waals surface area contributed by atoms with Gasteiger partial charge in [0.25, 0.3) is 0 Å². The summed E-state index contributed by atoms with van der Waals surface area (Å²) in [6.07, 6.45) is -73.1. The number of benzene rings is 1. The molecule has 21 aliphatic rings. The van der Waals surface area contributed by atoms with E-state index in [0.717, 1.165) is 0 Å². The minimum atomic E-state index is -2.34. The Hall–Kier alpha value is -3.44. The molecule has 0 radical (unpaired) electrons. The van der Waals surface area contributed by atoms with Crippen molar-refractivity contribution in [2.75, 3.05) is 52.7 Å². The maximum atomic E-state index is 13.6. The molecule has 532 valence electrons. The van der Waals surface area contributed by atoms with Crippen LogP contribution in [0.4, 0.5) is 0 Å². The van der Waals surface area contributed by atoms with Gasteiger partial charge in [0.05, 0.1) is 45.7 Å². The monoisotopic (exact) mass is 1350 g/mol. The van der Waals surface area contributed by atoms with Crippen molar-refractivity contribution in [1.82, 2.24) is 10.6 Å². The number of carbonyl (C=O) groups excluding carboxylic acids is 1. The quantitative estimate of drug-likeness (QED) is 0.0822. The zero-order chi connectivity index (χ0) is 67.6. The van der Waals surface area contributed by atoms with Crippen LogP contribution < -0.4 is 10.6 Å². The van der Waals surface area contributed by atoms with Crippen LogP contribution in [0, 0.1) is 0 Å². The molecule has 21 fully saturated rings. The predicted molar refractivity (Wildman–Crippen MR) is 286 cm³/mol. The summed E-state index contributed by atoms with van der Waals surface area (Å²) in [5.74, 6) is -2.53. The minimum absolute atomic E-state index is 0.156. The summed E-state index contributed by atoms with van der Waals surface area (Å²) in [6.45, 7) is -8.16. The molecule has 21 saturated heterocycles. The first-order valence-corrected chi connectivity index (χ1v) is 29.6. The molecule has 14 bridgehead atoms. The number of carbonyl (C=O) groups is 2. The fraction of sp³-hybridized carbons (Fsp3) is 0.849. The maximum Gasteiger partial charge on any atom is 0.322 e. The maximum absolute atomic E-state index is 13.6. The van der Waals surface area contributed by atoms with E-state index < -0.39 is 286 Å². The normalized spacial score (nSPS) is 48.1.